The van der Waals surface area contributed by atoms with Crippen molar-refractivity contribution >= 4 is 5.97 Å². The van der Waals surface area contributed by atoms with Gasteiger partial charge in [0.25, 0.3) is 0 Å². The molecule has 0 bridgehead atoms. The molecule has 1 rings (SSSR count). The van der Waals surface area contributed by atoms with Crippen LogP contribution in [0, 0.1) is 0 Å². The lowest BCUT2D eigenvalue weighted by Gasteiger charge is -2.28. The van der Waals surface area contributed by atoms with E-state index in [0.717, 1.165) is 32.5 Å². The summed E-state index contributed by atoms with van der Waals surface area (Å²) in [6.45, 7) is 2.52. The molecule has 0 unspecified atom stereocenters. The van der Waals surface area contributed by atoms with E-state index in [1.165, 1.54) is 7.11 Å². The van der Waals surface area contributed by atoms with Crippen LogP contribution in [0.5, 0.6) is 0 Å². The molecule has 0 aromatic heterocycles. The quantitative estimate of drug-likeness (QED) is 0.632. The third kappa shape index (κ3) is 3.74. The predicted molar refractivity (Wildman–Crippen MR) is 48.3 cm³/mol. The Balaban J connectivity index is 2.12. The maximum Gasteiger partial charge on any atom is 0.306 e. The van der Waals surface area contributed by atoms with Gasteiger partial charge in [-0.25, -0.2) is 0 Å². The fourth-order valence-electron chi connectivity index (χ4n) is 1.49. The van der Waals surface area contributed by atoms with Crippen molar-refractivity contribution in [3.63, 3.8) is 0 Å². The Labute approximate surface area is 78.5 Å². The van der Waals surface area contributed by atoms with E-state index in [2.05, 4.69) is 9.64 Å². The number of methoxy groups -OCH3 is 1. The van der Waals surface area contributed by atoms with Crippen LogP contribution in [0.4, 0.5) is 0 Å². The molecule has 0 atom stereocenters. The summed E-state index contributed by atoms with van der Waals surface area (Å²) in [7, 11) is 1.41. The number of esters is 1. The third-order valence-electron chi connectivity index (χ3n) is 2.42. The van der Waals surface area contributed by atoms with Crippen molar-refractivity contribution in [2.45, 2.75) is 25.4 Å². The number of carbonyl (C=O) groups is 1. The van der Waals surface area contributed by atoms with Crippen LogP contribution in [0.3, 0.4) is 0 Å². The predicted octanol–water partition coefficient (Wildman–Crippen LogP) is 0.00620. The molecule has 4 heteroatoms. The monoisotopic (exact) mass is 187 g/mol. The Bertz CT molecular complexity index is 164. The summed E-state index contributed by atoms with van der Waals surface area (Å²) < 4.78 is 4.55. The molecule has 1 saturated heterocycles. The first-order valence-corrected chi connectivity index (χ1v) is 4.69. The van der Waals surface area contributed by atoms with Gasteiger partial charge in [-0.3, -0.25) is 4.79 Å². The molecule has 1 fully saturated rings. The number of aliphatic hydroxyl groups is 1. The second kappa shape index (κ2) is 5.19. The standard InChI is InChI=1S/C9H17NO3/c1-13-9(12)4-7-10-5-2-8(11)3-6-10/h8,11H,2-7H2,1H3. The molecule has 1 N–H and O–H groups in total. The normalized spacial score (nSPS) is 20.2. The van der Waals surface area contributed by atoms with E-state index in [1.807, 2.05) is 0 Å². The lowest BCUT2D eigenvalue weighted by molar-refractivity contribution is -0.141. The summed E-state index contributed by atoms with van der Waals surface area (Å²) in [5, 5.41) is 9.23. The molecule has 13 heavy (non-hydrogen) atoms. The maximum atomic E-state index is 10.8. The minimum Gasteiger partial charge on any atom is -0.469 e. The van der Waals surface area contributed by atoms with E-state index in [4.69, 9.17) is 0 Å². The van der Waals surface area contributed by atoms with Gasteiger partial charge in [-0.2, -0.15) is 0 Å². The van der Waals surface area contributed by atoms with Crippen LogP contribution in [-0.2, 0) is 9.53 Å². The average molecular weight is 187 g/mol. The number of hydrogen-bond donors (Lipinski definition) is 1. The number of hydrogen-bond acceptors (Lipinski definition) is 4. The highest BCUT2D eigenvalue weighted by Gasteiger charge is 2.17. The maximum absolute atomic E-state index is 10.8. The van der Waals surface area contributed by atoms with E-state index in [9.17, 15) is 9.90 Å². The van der Waals surface area contributed by atoms with Gasteiger partial charge >= 0.3 is 5.97 Å². The van der Waals surface area contributed by atoms with Gasteiger partial charge in [-0.05, 0) is 12.8 Å². The molecule has 0 spiro atoms. The molecule has 1 aliphatic rings. The smallest absolute Gasteiger partial charge is 0.306 e. The van der Waals surface area contributed by atoms with E-state index < -0.39 is 0 Å². The van der Waals surface area contributed by atoms with Crippen molar-refractivity contribution in [3.8, 4) is 0 Å². The molecule has 0 radical (unpaired) electrons. The second-order valence-electron chi connectivity index (χ2n) is 3.40. The second-order valence-corrected chi connectivity index (χ2v) is 3.40. The topological polar surface area (TPSA) is 49.8 Å². The van der Waals surface area contributed by atoms with Gasteiger partial charge in [0, 0.05) is 19.6 Å². The number of nitrogens with zero attached hydrogens (tertiary/aromatic N) is 1. The molecule has 0 saturated carbocycles. The van der Waals surface area contributed by atoms with Crippen LogP contribution < -0.4 is 0 Å². The molecule has 0 aromatic carbocycles. The van der Waals surface area contributed by atoms with E-state index in [1.54, 1.807) is 0 Å². The average Bonchev–Trinajstić information content (AvgIpc) is 2.16. The molecule has 1 aliphatic heterocycles. The number of aliphatic hydroxyl groups excluding tert-OH is 1. The molecule has 0 aromatic rings. The number of carbonyl (C=O) groups excluding carboxylic acids is 1. The lowest BCUT2D eigenvalue weighted by Crippen LogP contribution is -2.37. The SMILES string of the molecule is COC(=O)CCN1CCC(O)CC1. The van der Waals surface area contributed by atoms with Gasteiger partial charge in [0.15, 0.2) is 0 Å². The number of piperidine rings is 1. The third-order valence-corrected chi connectivity index (χ3v) is 2.42. The summed E-state index contributed by atoms with van der Waals surface area (Å²) >= 11 is 0. The van der Waals surface area contributed by atoms with Crippen LogP contribution >= 0.6 is 0 Å². The summed E-state index contributed by atoms with van der Waals surface area (Å²) in [6, 6.07) is 0. The number of rotatable bonds is 3. The molecule has 76 valence electrons. The van der Waals surface area contributed by atoms with Crippen molar-refractivity contribution in [3.05, 3.63) is 0 Å². The highest BCUT2D eigenvalue weighted by atomic mass is 16.5. The van der Waals surface area contributed by atoms with Crippen molar-refractivity contribution < 1.29 is 14.6 Å². The van der Waals surface area contributed by atoms with Crippen molar-refractivity contribution in [2.24, 2.45) is 0 Å². The van der Waals surface area contributed by atoms with Crippen molar-refractivity contribution in [1.29, 1.82) is 0 Å². The Morgan fingerprint density at radius 1 is 1.54 bits per heavy atom. The zero-order chi connectivity index (χ0) is 9.68. The van der Waals surface area contributed by atoms with Crippen LogP contribution in [-0.4, -0.2) is 48.8 Å². The largest absolute Gasteiger partial charge is 0.469 e. The summed E-state index contributed by atoms with van der Waals surface area (Å²) in [5.41, 5.74) is 0. The molecule has 0 aliphatic carbocycles. The Morgan fingerprint density at radius 2 is 2.15 bits per heavy atom. The summed E-state index contributed by atoms with van der Waals surface area (Å²) in [5.74, 6) is -0.161. The zero-order valence-corrected chi connectivity index (χ0v) is 8.03. The minimum absolute atomic E-state index is 0.144. The number of ether oxygens (including phenoxy) is 1. The van der Waals surface area contributed by atoms with E-state index in [-0.39, 0.29) is 12.1 Å². The molecule has 0 amide bonds. The summed E-state index contributed by atoms with van der Waals surface area (Å²) in [4.78, 5) is 13.0. The first kappa shape index (κ1) is 10.5. The highest BCUT2D eigenvalue weighted by Crippen LogP contribution is 2.09. The Kier molecular flexibility index (Phi) is 4.18. The Hall–Kier alpha value is -0.610. The van der Waals surface area contributed by atoms with Crippen LogP contribution in [0.2, 0.25) is 0 Å². The molecule has 4 nitrogen and oxygen atoms in total. The van der Waals surface area contributed by atoms with Gasteiger partial charge in [0.2, 0.25) is 0 Å². The van der Waals surface area contributed by atoms with Crippen molar-refractivity contribution in [2.75, 3.05) is 26.7 Å². The van der Waals surface area contributed by atoms with Gasteiger partial charge in [-0.15, -0.1) is 0 Å². The van der Waals surface area contributed by atoms with Gasteiger partial charge < -0.3 is 14.7 Å². The minimum atomic E-state index is -0.161. The molecule has 1 heterocycles. The van der Waals surface area contributed by atoms with Crippen LogP contribution in [0.15, 0.2) is 0 Å². The molecular formula is C9H17NO3. The van der Waals surface area contributed by atoms with Crippen LogP contribution in [0.25, 0.3) is 0 Å². The zero-order valence-electron chi connectivity index (χ0n) is 8.03. The van der Waals surface area contributed by atoms with Gasteiger partial charge in [0.1, 0.15) is 0 Å². The molecular weight excluding hydrogens is 170 g/mol. The first-order valence-electron chi connectivity index (χ1n) is 4.69. The fourth-order valence-corrected chi connectivity index (χ4v) is 1.49. The number of likely N-dealkylation sites (tertiary alicyclic amines) is 1. The van der Waals surface area contributed by atoms with Crippen molar-refractivity contribution in [1.82, 2.24) is 4.90 Å². The fraction of sp³-hybridized carbons (Fsp3) is 0.889. The van der Waals surface area contributed by atoms with Gasteiger partial charge in [0.05, 0.1) is 19.6 Å². The highest BCUT2D eigenvalue weighted by molar-refractivity contribution is 5.69. The Morgan fingerprint density at radius 3 is 2.69 bits per heavy atom. The van der Waals surface area contributed by atoms with Crippen LogP contribution in [0.1, 0.15) is 19.3 Å². The first-order chi connectivity index (χ1) is 6.22. The lowest BCUT2D eigenvalue weighted by atomic mass is 10.1. The summed E-state index contributed by atoms with van der Waals surface area (Å²) in [6.07, 6.45) is 1.95. The van der Waals surface area contributed by atoms with Gasteiger partial charge in [-0.1, -0.05) is 0 Å². The van der Waals surface area contributed by atoms with E-state index >= 15 is 0 Å². The van der Waals surface area contributed by atoms with E-state index in [0.29, 0.717) is 6.42 Å².